The highest BCUT2D eigenvalue weighted by atomic mass is 16.1. The van der Waals surface area contributed by atoms with Gasteiger partial charge in [0.15, 0.2) is 0 Å². The van der Waals surface area contributed by atoms with Crippen LogP contribution < -0.4 is 10.6 Å². The Hall–Kier alpha value is -1.49. The number of aromatic nitrogens is 2. The summed E-state index contributed by atoms with van der Waals surface area (Å²) in [7, 11) is 0. The van der Waals surface area contributed by atoms with Gasteiger partial charge >= 0.3 is 0 Å². The molecule has 1 saturated heterocycles. The highest BCUT2D eigenvalue weighted by Gasteiger charge is 2.16. The molecule has 1 fully saturated rings. The molecule has 1 aliphatic heterocycles. The summed E-state index contributed by atoms with van der Waals surface area (Å²) in [5, 5.41) is 6.17. The number of piperidine rings is 1. The van der Waals surface area contributed by atoms with E-state index in [0.29, 0.717) is 5.69 Å². The first-order chi connectivity index (χ1) is 7.36. The van der Waals surface area contributed by atoms with Crippen molar-refractivity contribution >= 4 is 5.91 Å². The summed E-state index contributed by atoms with van der Waals surface area (Å²) >= 11 is 0. The molecule has 0 aliphatic carbocycles. The average molecular weight is 206 g/mol. The van der Waals surface area contributed by atoms with Crippen LogP contribution in [-0.2, 0) is 0 Å². The van der Waals surface area contributed by atoms with Gasteiger partial charge in [-0.3, -0.25) is 9.78 Å². The van der Waals surface area contributed by atoms with E-state index in [-0.39, 0.29) is 11.9 Å². The third-order valence-corrected chi connectivity index (χ3v) is 2.43. The summed E-state index contributed by atoms with van der Waals surface area (Å²) in [6.45, 7) is 1.88. The van der Waals surface area contributed by atoms with Crippen molar-refractivity contribution in [1.82, 2.24) is 20.6 Å². The highest BCUT2D eigenvalue weighted by molar-refractivity contribution is 5.92. The van der Waals surface area contributed by atoms with E-state index in [1.54, 1.807) is 6.20 Å². The summed E-state index contributed by atoms with van der Waals surface area (Å²) < 4.78 is 0. The predicted octanol–water partition coefficient (Wildman–Crippen LogP) is -0.0416. The first-order valence-corrected chi connectivity index (χ1v) is 5.14. The van der Waals surface area contributed by atoms with E-state index in [2.05, 4.69) is 20.6 Å². The number of carbonyl (C=O) groups is 1. The molecule has 1 aromatic rings. The molecule has 2 heterocycles. The van der Waals surface area contributed by atoms with Crippen LogP contribution in [0.4, 0.5) is 0 Å². The Labute approximate surface area is 88.3 Å². The first kappa shape index (κ1) is 10.0. The molecule has 2 rings (SSSR count). The second-order valence-corrected chi connectivity index (χ2v) is 3.61. The minimum absolute atomic E-state index is 0.142. The summed E-state index contributed by atoms with van der Waals surface area (Å²) in [5.74, 6) is -0.142. The first-order valence-electron chi connectivity index (χ1n) is 5.14. The van der Waals surface area contributed by atoms with E-state index in [1.807, 2.05) is 0 Å². The molecule has 5 heteroatoms. The van der Waals surface area contributed by atoms with Gasteiger partial charge < -0.3 is 10.6 Å². The average Bonchev–Trinajstić information content (AvgIpc) is 2.31. The van der Waals surface area contributed by atoms with Crippen LogP contribution in [0.15, 0.2) is 18.6 Å². The van der Waals surface area contributed by atoms with Gasteiger partial charge in [0.2, 0.25) is 0 Å². The molecule has 1 aliphatic rings. The van der Waals surface area contributed by atoms with E-state index >= 15 is 0 Å². The molecule has 80 valence electrons. The van der Waals surface area contributed by atoms with Gasteiger partial charge in [-0.05, 0) is 19.4 Å². The van der Waals surface area contributed by atoms with Crippen molar-refractivity contribution in [3.05, 3.63) is 24.3 Å². The quantitative estimate of drug-likeness (QED) is 0.712. The lowest BCUT2D eigenvalue weighted by Crippen LogP contribution is -2.45. The van der Waals surface area contributed by atoms with Crippen molar-refractivity contribution in [3.8, 4) is 0 Å². The van der Waals surface area contributed by atoms with Gasteiger partial charge in [-0.1, -0.05) is 0 Å². The number of rotatable bonds is 2. The number of nitrogens with one attached hydrogen (secondary N) is 2. The Balaban J connectivity index is 1.91. The monoisotopic (exact) mass is 206 g/mol. The topological polar surface area (TPSA) is 66.9 Å². The summed E-state index contributed by atoms with van der Waals surface area (Å²) in [4.78, 5) is 19.5. The molecule has 15 heavy (non-hydrogen) atoms. The van der Waals surface area contributed by atoms with Crippen LogP contribution in [0.25, 0.3) is 0 Å². The van der Waals surface area contributed by atoms with E-state index in [4.69, 9.17) is 0 Å². The van der Waals surface area contributed by atoms with Crippen LogP contribution >= 0.6 is 0 Å². The highest BCUT2D eigenvalue weighted by Crippen LogP contribution is 2.02. The van der Waals surface area contributed by atoms with Crippen molar-refractivity contribution < 1.29 is 4.79 Å². The normalized spacial score (nSPS) is 20.9. The number of nitrogens with zero attached hydrogens (tertiary/aromatic N) is 2. The molecule has 0 spiro atoms. The van der Waals surface area contributed by atoms with Crippen LogP contribution in [0.5, 0.6) is 0 Å². The molecule has 0 radical (unpaired) electrons. The van der Waals surface area contributed by atoms with E-state index in [0.717, 1.165) is 25.9 Å². The largest absolute Gasteiger partial charge is 0.347 e. The molecule has 5 nitrogen and oxygen atoms in total. The SMILES string of the molecule is O=C(NC1CCCNC1)c1cnccn1. The lowest BCUT2D eigenvalue weighted by molar-refractivity contribution is 0.0925. The number of carbonyl (C=O) groups excluding carboxylic acids is 1. The molecule has 0 saturated carbocycles. The fourth-order valence-corrected chi connectivity index (χ4v) is 1.65. The van der Waals surface area contributed by atoms with Gasteiger partial charge in [0.25, 0.3) is 5.91 Å². The second-order valence-electron chi connectivity index (χ2n) is 3.61. The number of amides is 1. The smallest absolute Gasteiger partial charge is 0.271 e. The lowest BCUT2D eigenvalue weighted by Gasteiger charge is -2.23. The third kappa shape index (κ3) is 2.73. The lowest BCUT2D eigenvalue weighted by atomic mass is 10.1. The van der Waals surface area contributed by atoms with Gasteiger partial charge in [0.05, 0.1) is 6.20 Å². The van der Waals surface area contributed by atoms with Crippen LogP contribution in [0, 0.1) is 0 Å². The Morgan fingerprint density at radius 1 is 1.53 bits per heavy atom. The maximum absolute atomic E-state index is 11.7. The molecule has 1 aromatic heterocycles. The zero-order valence-electron chi connectivity index (χ0n) is 8.44. The minimum Gasteiger partial charge on any atom is -0.347 e. The summed E-state index contributed by atoms with van der Waals surface area (Å²) in [5.41, 5.74) is 0.378. The zero-order chi connectivity index (χ0) is 10.5. The zero-order valence-corrected chi connectivity index (χ0v) is 8.44. The third-order valence-electron chi connectivity index (χ3n) is 2.43. The molecule has 1 atom stereocenters. The second kappa shape index (κ2) is 4.84. The Bertz CT molecular complexity index is 321. The molecule has 1 unspecified atom stereocenters. The number of hydrogen-bond acceptors (Lipinski definition) is 4. The fourth-order valence-electron chi connectivity index (χ4n) is 1.65. The van der Waals surface area contributed by atoms with E-state index in [9.17, 15) is 4.79 Å². The van der Waals surface area contributed by atoms with Crippen molar-refractivity contribution in [1.29, 1.82) is 0 Å². The van der Waals surface area contributed by atoms with Crippen molar-refractivity contribution in [2.75, 3.05) is 13.1 Å². The van der Waals surface area contributed by atoms with Crippen molar-refractivity contribution in [2.45, 2.75) is 18.9 Å². The van der Waals surface area contributed by atoms with Crippen LogP contribution in [-0.4, -0.2) is 35.0 Å². The van der Waals surface area contributed by atoms with Crippen LogP contribution in [0.2, 0.25) is 0 Å². The molecular formula is C10H14N4O. The molecule has 0 bridgehead atoms. The summed E-state index contributed by atoms with van der Waals surface area (Å²) in [6.07, 6.45) is 6.68. The standard InChI is InChI=1S/C10H14N4O/c15-10(9-7-12-4-5-13-9)14-8-2-1-3-11-6-8/h4-5,7-8,11H,1-3,6H2,(H,14,15). The maximum Gasteiger partial charge on any atom is 0.271 e. The Morgan fingerprint density at radius 3 is 3.13 bits per heavy atom. The minimum atomic E-state index is -0.142. The molecule has 0 aromatic carbocycles. The molecule has 1 amide bonds. The van der Waals surface area contributed by atoms with Gasteiger partial charge in [0, 0.05) is 25.0 Å². The van der Waals surface area contributed by atoms with Crippen LogP contribution in [0.3, 0.4) is 0 Å². The van der Waals surface area contributed by atoms with Crippen molar-refractivity contribution in [3.63, 3.8) is 0 Å². The molecule has 2 N–H and O–H groups in total. The van der Waals surface area contributed by atoms with Gasteiger partial charge in [0.1, 0.15) is 5.69 Å². The number of hydrogen-bond donors (Lipinski definition) is 2. The Morgan fingerprint density at radius 2 is 2.47 bits per heavy atom. The summed E-state index contributed by atoms with van der Waals surface area (Å²) in [6, 6.07) is 0.216. The van der Waals surface area contributed by atoms with E-state index in [1.165, 1.54) is 12.4 Å². The Kier molecular flexibility index (Phi) is 3.24. The predicted molar refractivity (Wildman–Crippen MR) is 55.4 cm³/mol. The van der Waals surface area contributed by atoms with E-state index < -0.39 is 0 Å². The van der Waals surface area contributed by atoms with Gasteiger partial charge in [-0.15, -0.1) is 0 Å². The molecular weight excluding hydrogens is 192 g/mol. The maximum atomic E-state index is 11.7. The van der Waals surface area contributed by atoms with Gasteiger partial charge in [-0.25, -0.2) is 4.98 Å². The van der Waals surface area contributed by atoms with Crippen molar-refractivity contribution in [2.24, 2.45) is 0 Å². The van der Waals surface area contributed by atoms with Gasteiger partial charge in [-0.2, -0.15) is 0 Å². The fraction of sp³-hybridized carbons (Fsp3) is 0.500. The van der Waals surface area contributed by atoms with Crippen LogP contribution in [0.1, 0.15) is 23.3 Å².